The molecule has 136 valence electrons. The van der Waals surface area contributed by atoms with Crippen LogP contribution in [-0.2, 0) is 5.66 Å². The summed E-state index contributed by atoms with van der Waals surface area (Å²) in [6.07, 6.45) is 0.875. The Morgan fingerprint density at radius 1 is 1.19 bits per heavy atom. The molecule has 0 spiro atoms. The second kappa shape index (κ2) is 7.24. The summed E-state index contributed by atoms with van der Waals surface area (Å²) in [4.78, 5) is 15.1. The maximum Gasteiger partial charge on any atom is 0.258 e. The lowest BCUT2D eigenvalue weighted by Crippen LogP contribution is -2.56. The quantitative estimate of drug-likeness (QED) is 0.762. The lowest BCUT2D eigenvalue weighted by molar-refractivity contribution is 0.0530. The van der Waals surface area contributed by atoms with Crippen LogP contribution in [0.2, 0.25) is 0 Å². The minimum absolute atomic E-state index is 0.0402. The third-order valence-corrected chi connectivity index (χ3v) is 4.65. The van der Waals surface area contributed by atoms with Gasteiger partial charge in [0.05, 0.1) is 5.56 Å². The van der Waals surface area contributed by atoms with E-state index in [4.69, 9.17) is 4.74 Å². The SMILES string of the molecule is C=C(C)COc1ccccc1C1(C)Nc2ccccc2C(=O)N1CCC. The molecule has 0 aromatic heterocycles. The van der Waals surface area contributed by atoms with Crippen LogP contribution in [0.3, 0.4) is 0 Å². The average Bonchev–Trinajstić information content (AvgIpc) is 2.63. The number of fused-ring (bicyclic) bond motifs is 1. The smallest absolute Gasteiger partial charge is 0.258 e. The van der Waals surface area contributed by atoms with E-state index < -0.39 is 5.66 Å². The Morgan fingerprint density at radius 2 is 1.88 bits per heavy atom. The monoisotopic (exact) mass is 350 g/mol. The minimum Gasteiger partial charge on any atom is -0.489 e. The molecule has 0 fully saturated rings. The van der Waals surface area contributed by atoms with Crippen LogP contribution in [0.4, 0.5) is 5.69 Å². The van der Waals surface area contributed by atoms with E-state index in [-0.39, 0.29) is 5.91 Å². The first-order valence-electron chi connectivity index (χ1n) is 9.03. The predicted octanol–water partition coefficient (Wildman–Crippen LogP) is 4.79. The highest BCUT2D eigenvalue weighted by Crippen LogP contribution is 2.41. The summed E-state index contributed by atoms with van der Waals surface area (Å²) >= 11 is 0. The van der Waals surface area contributed by atoms with Gasteiger partial charge in [0, 0.05) is 17.8 Å². The summed E-state index contributed by atoms with van der Waals surface area (Å²) in [7, 11) is 0. The number of nitrogens with one attached hydrogen (secondary N) is 1. The van der Waals surface area contributed by atoms with Crippen LogP contribution >= 0.6 is 0 Å². The molecule has 0 saturated heterocycles. The van der Waals surface area contributed by atoms with Crippen LogP contribution in [0.15, 0.2) is 60.7 Å². The highest BCUT2D eigenvalue weighted by Gasteiger charge is 2.43. The number of amides is 1. The molecule has 26 heavy (non-hydrogen) atoms. The molecule has 2 aromatic rings. The van der Waals surface area contributed by atoms with E-state index in [0.29, 0.717) is 18.7 Å². The van der Waals surface area contributed by atoms with Crippen LogP contribution in [-0.4, -0.2) is 24.0 Å². The van der Waals surface area contributed by atoms with Crippen LogP contribution in [0.1, 0.15) is 43.1 Å². The second-order valence-corrected chi connectivity index (χ2v) is 6.94. The highest BCUT2D eigenvalue weighted by atomic mass is 16.5. The Kier molecular flexibility index (Phi) is 5.03. The molecule has 0 radical (unpaired) electrons. The predicted molar refractivity (Wildman–Crippen MR) is 105 cm³/mol. The zero-order valence-corrected chi connectivity index (χ0v) is 15.7. The van der Waals surface area contributed by atoms with E-state index in [1.54, 1.807) is 0 Å². The second-order valence-electron chi connectivity index (χ2n) is 6.94. The van der Waals surface area contributed by atoms with Crippen LogP contribution in [0, 0.1) is 0 Å². The number of nitrogens with zero attached hydrogens (tertiary/aromatic N) is 1. The molecule has 1 aliphatic rings. The molecule has 1 atom stereocenters. The number of benzene rings is 2. The van der Waals surface area contributed by atoms with Crippen molar-refractivity contribution in [3.63, 3.8) is 0 Å². The molecule has 0 aliphatic carbocycles. The first kappa shape index (κ1) is 18.1. The number of anilines is 1. The summed E-state index contributed by atoms with van der Waals surface area (Å²) in [5, 5.41) is 3.59. The van der Waals surface area contributed by atoms with Gasteiger partial charge in [-0.2, -0.15) is 0 Å². The molecule has 1 aliphatic heterocycles. The molecular weight excluding hydrogens is 324 g/mol. The van der Waals surface area contributed by atoms with Gasteiger partial charge in [-0.3, -0.25) is 4.79 Å². The maximum absolute atomic E-state index is 13.2. The zero-order valence-electron chi connectivity index (χ0n) is 15.7. The third-order valence-electron chi connectivity index (χ3n) is 4.65. The molecule has 3 rings (SSSR count). The summed E-state index contributed by atoms with van der Waals surface area (Å²) in [6, 6.07) is 15.6. The van der Waals surface area contributed by atoms with E-state index in [1.807, 2.05) is 67.3 Å². The standard InChI is InChI=1S/C22H26N2O2/c1-5-14-24-21(25)17-10-6-8-12-19(17)23-22(24,4)18-11-7-9-13-20(18)26-15-16(2)3/h6-13,23H,2,5,14-15H2,1,3-4H3. The number of carbonyl (C=O) groups excluding carboxylic acids is 1. The lowest BCUT2D eigenvalue weighted by Gasteiger charge is -2.47. The Morgan fingerprint density at radius 3 is 2.62 bits per heavy atom. The summed E-state index contributed by atoms with van der Waals surface area (Å²) in [5.41, 5.74) is 2.76. The molecule has 1 unspecified atom stereocenters. The van der Waals surface area contributed by atoms with E-state index in [1.165, 1.54) is 0 Å². The fraction of sp³-hybridized carbons (Fsp3) is 0.318. The normalized spacial score (nSPS) is 18.9. The zero-order chi connectivity index (χ0) is 18.7. The fourth-order valence-electron chi connectivity index (χ4n) is 3.41. The van der Waals surface area contributed by atoms with Crippen molar-refractivity contribution >= 4 is 11.6 Å². The average molecular weight is 350 g/mol. The van der Waals surface area contributed by atoms with E-state index in [2.05, 4.69) is 18.8 Å². The Hall–Kier alpha value is -2.75. The van der Waals surface area contributed by atoms with Crippen molar-refractivity contribution in [1.29, 1.82) is 0 Å². The Labute approximate surface area is 155 Å². The van der Waals surface area contributed by atoms with Crippen LogP contribution in [0.5, 0.6) is 5.75 Å². The molecule has 0 bridgehead atoms. The number of rotatable bonds is 6. The first-order chi connectivity index (χ1) is 12.5. The van der Waals surface area contributed by atoms with Gasteiger partial charge >= 0.3 is 0 Å². The van der Waals surface area contributed by atoms with Gasteiger partial charge < -0.3 is 15.0 Å². The van der Waals surface area contributed by atoms with Crippen molar-refractivity contribution < 1.29 is 9.53 Å². The van der Waals surface area contributed by atoms with Crippen LogP contribution in [0.25, 0.3) is 0 Å². The number of hydrogen-bond donors (Lipinski definition) is 1. The fourth-order valence-corrected chi connectivity index (χ4v) is 3.41. The van der Waals surface area contributed by atoms with Gasteiger partial charge in [0.1, 0.15) is 18.0 Å². The van der Waals surface area contributed by atoms with E-state index in [0.717, 1.165) is 29.0 Å². The number of para-hydroxylation sites is 2. The summed E-state index contributed by atoms with van der Waals surface area (Å²) in [5.74, 6) is 0.803. The molecule has 1 heterocycles. The summed E-state index contributed by atoms with van der Waals surface area (Å²) < 4.78 is 5.99. The molecule has 4 heteroatoms. The number of hydrogen-bond acceptors (Lipinski definition) is 3. The molecule has 0 saturated carbocycles. The van der Waals surface area contributed by atoms with Gasteiger partial charge in [0.25, 0.3) is 5.91 Å². The summed E-state index contributed by atoms with van der Waals surface area (Å²) in [6.45, 7) is 11.1. The number of carbonyl (C=O) groups is 1. The maximum atomic E-state index is 13.2. The van der Waals surface area contributed by atoms with Crippen molar-refractivity contribution in [2.45, 2.75) is 32.9 Å². The van der Waals surface area contributed by atoms with E-state index >= 15 is 0 Å². The van der Waals surface area contributed by atoms with Gasteiger partial charge in [-0.05, 0) is 44.0 Å². The molecule has 1 amide bonds. The van der Waals surface area contributed by atoms with Crippen molar-refractivity contribution in [3.8, 4) is 5.75 Å². The third kappa shape index (κ3) is 3.19. The van der Waals surface area contributed by atoms with Crippen LogP contribution < -0.4 is 10.1 Å². The number of ether oxygens (including phenoxy) is 1. The van der Waals surface area contributed by atoms with Gasteiger partial charge in [-0.15, -0.1) is 0 Å². The van der Waals surface area contributed by atoms with Crippen molar-refractivity contribution in [2.24, 2.45) is 0 Å². The lowest BCUT2D eigenvalue weighted by atomic mass is 9.92. The largest absolute Gasteiger partial charge is 0.489 e. The molecule has 1 N–H and O–H groups in total. The van der Waals surface area contributed by atoms with Gasteiger partial charge in [0.2, 0.25) is 0 Å². The Balaban J connectivity index is 2.09. The molecule has 4 nitrogen and oxygen atoms in total. The topological polar surface area (TPSA) is 41.6 Å². The van der Waals surface area contributed by atoms with E-state index in [9.17, 15) is 4.79 Å². The Bertz CT molecular complexity index is 830. The van der Waals surface area contributed by atoms with Gasteiger partial charge in [-0.25, -0.2) is 0 Å². The molecule has 2 aromatic carbocycles. The van der Waals surface area contributed by atoms with Crippen molar-refractivity contribution in [2.75, 3.05) is 18.5 Å². The van der Waals surface area contributed by atoms with Crippen molar-refractivity contribution in [1.82, 2.24) is 4.90 Å². The molecular formula is C22H26N2O2. The van der Waals surface area contributed by atoms with Gasteiger partial charge in [-0.1, -0.05) is 43.8 Å². The van der Waals surface area contributed by atoms with Gasteiger partial charge in [0.15, 0.2) is 0 Å². The minimum atomic E-state index is -0.687. The first-order valence-corrected chi connectivity index (χ1v) is 9.03. The highest BCUT2D eigenvalue weighted by molar-refractivity contribution is 6.02. The van der Waals surface area contributed by atoms with Crippen molar-refractivity contribution in [3.05, 3.63) is 71.8 Å².